The third-order valence-corrected chi connectivity index (χ3v) is 4.68. The topological polar surface area (TPSA) is 26.0 Å². The second kappa shape index (κ2) is 5.25. The molecule has 1 heterocycles. The van der Waals surface area contributed by atoms with Crippen molar-refractivity contribution in [1.82, 2.24) is 0 Å². The lowest BCUT2D eigenvalue weighted by molar-refractivity contribution is 0.419. The van der Waals surface area contributed by atoms with E-state index in [0.717, 1.165) is 12.3 Å². The fourth-order valence-corrected chi connectivity index (χ4v) is 3.25. The highest BCUT2D eigenvalue weighted by atomic mass is 32.1. The molecule has 1 aliphatic rings. The van der Waals surface area contributed by atoms with Gasteiger partial charge in [-0.1, -0.05) is 30.7 Å². The highest BCUT2D eigenvalue weighted by Crippen LogP contribution is 2.37. The average Bonchev–Trinajstić information content (AvgIpc) is 2.80. The number of rotatable bonds is 4. The zero-order valence-corrected chi connectivity index (χ0v) is 11.3. The van der Waals surface area contributed by atoms with Crippen molar-refractivity contribution < 1.29 is 0 Å². The van der Waals surface area contributed by atoms with Gasteiger partial charge in [-0.05, 0) is 58.7 Å². The summed E-state index contributed by atoms with van der Waals surface area (Å²) in [6.07, 6.45) is 5.03. The number of thiophene rings is 1. The van der Waals surface area contributed by atoms with Gasteiger partial charge in [0.05, 0.1) is 0 Å². The molecule has 18 heavy (non-hydrogen) atoms. The minimum absolute atomic E-state index is 0.125. The van der Waals surface area contributed by atoms with Crippen LogP contribution < -0.4 is 5.73 Å². The maximum atomic E-state index is 6.32. The van der Waals surface area contributed by atoms with E-state index in [1.165, 1.54) is 36.0 Å². The molecule has 0 spiro atoms. The molecule has 1 aromatic heterocycles. The van der Waals surface area contributed by atoms with Gasteiger partial charge in [0, 0.05) is 6.04 Å². The minimum Gasteiger partial charge on any atom is -0.324 e. The SMILES string of the molecule is NC(Cc1ccsc1)c1cccc(C2CCC2)c1. The van der Waals surface area contributed by atoms with Gasteiger partial charge in [-0.2, -0.15) is 11.3 Å². The van der Waals surface area contributed by atoms with E-state index in [2.05, 4.69) is 41.1 Å². The van der Waals surface area contributed by atoms with E-state index in [9.17, 15) is 0 Å². The predicted molar refractivity (Wildman–Crippen MR) is 78.0 cm³/mol. The standard InChI is InChI=1S/C16H19NS/c17-16(9-12-7-8-18-11-12)15-6-2-5-14(10-15)13-3-1-4-13/h2,5-8,10-11,13,16H,1,3-4,9,17H2. The number of benzene rings is 1. The molecule has 0 radical (unpaired) electrons. The molecule has 0 bridgehead atoms. The molecule has 1 atom stereocenters. The van der Waals surface area contributed by atoms with Crippen molar-refractivity contribution in [3.63, 3.8) is 0 Å². The van der Waals surface area contributed by atoms with Crippen LogP contribution in [-0.4, -0.2) is 0 Å². The second-order valence-electron chi connectivity index (χ2n) is 5.24. The van der Waals surface area contributed by atoms with E-state index in [-0.39, 0.29) is 6.04 Å². The normalized spacial score (nSPS) is 17.4. The summed E-state index contributed by atoms with van der Waals surface area (Å²) in [5, 5.41) is 4.31. The molecule has 1 saturated carbocycles. The van der Waals surface area contributed by atoms with Crippen molar-refractivity contribution in [2.75, 3.05) is 0 Å². The van der Waals surface area contributed by atoms with Crippen LogP contribution in [0.25, 0.3) is 0 Å². The number of nitrogens with two attached hydrogens (primary N) is 1. The summed E-state index contributed by atoms with van der Waals surface area (Å²) in [7, 11) is 0. The molecule has 94 valence electrons. The van der Waals surface area contributed by atoms with Crippen molar-refractivity contribution in [3.05, 3.63) is 57.8 Å². The molecule has 2 heteroatoms. The Hall–Kier alpha value is -1.12. The van der Waals surface area contributed by atoms with Gasteiger partial charge in [0.25, 0.3) is 0 Å². The van der Waals surface area contributed by atoms with Gasteiger partial charge in [-0.3, -0.25) is 0 Å². The van der Waals surface area contributed by atoms with E-state index in [4.69, 9.17) is 5.73 Å². The van der Waals surface area contributed by atoms with Crippen molar-refractivity contribution >= 4 is 11.3 Å². The molecular weight excluding hydrogens is 238 g/mol. The highest BCUT2D eigenvalue weighted by molar-refractivity contribution is 7.07. The number of hydrogen-bond donors (Lipinski definition) is 1. The molecule has 1 aromatic carbocycles. The summed E-state index contributed by atoms with van der Waals surface area (Å²) < 4.78 is 0. The summed E-state index contributed by atoms with van der Waals surface area (Å²) >= 11 is 1.74. The molecule has 0 aliphatic heterocycles. The molecule has 1 nitrogen and oxygen atoms in total. The van der Waals surface area contributed by atoms with Gasteiger partial charge in [0.2, 0.25) is 0 Å². The average molecular weight is 257 g/mol. The van der Waals surface area contributed by atoms with Crippen molar-refractivity contribution in [2.45, 2.75) is 37.6 Å². The van der Waals surface area contributed by atoms with Crippen LogP contribution in [0.1, 0.15) is 47.9 Å². The Morgan fingerprint density at radius 1 is 1.28 bits per heavy atom. The Morgan fingerprint density at radius 2 is 2.17 bits per heavy atom. The first-order chi connectivity index (χ1) is 8.83. The number of hydrogen-bond acceptors (Lipinski definition) is 2. The molecule has 3 rings (SSSR count). The Bertz CT molecular complexity index is 500. The van der Waals surface area contributed by atoms with Gasteiger partial charge < -0.3 is 5.73 Å². The van der Waals surface area contributed by atoms with Crippen LogP contribution in [0.3, 0.4) is 0 Å². The van der Waals surface area contributed by atoms with E-state index in [1.807, 2.05) is 0 Å². The lowest BCUT2D eigenvalue weighted by Crippen LogP contribution is -2.14. The first-order valence-corrected chi connectivity index (χ1v) is 7.64. The first-order valence-electron chi connectivity index (χ1n) is 6.69. The first kappa shape index (κ1) is 11.9. The van der Waals surface area contributed by atoms with Crippen LogP contribution in [0.4, 0.5) is 0 Å². The largest absolute Gasteiger partial charge is 0.324 e. The van der Waals surface area contributed by atoms with Crippen LogP contribution in [0.15, 0.2) is 41.1 Å². The van der Waals surface area contributed by atoms with Crippen molar-refractivity contribution in [3.8, 4) is 0 Å². The van der Waals surface area contributed by atoms with E-state index >= 15 is 0 Å². The van der Waals surface area contributed by atoms with Crippen LogP contribution in [-0.2, 0) is 6.42 Å². The van der Waals surface area contributed by atoms with Crippen LogP contribution >= 0.6 is 11.3 Å². The predicted octanol–water partition coefficient (Wildman–Crippen LogP) is 4.26. The minimum atomic E-state index is 0.125. The zero-order valence-electron chi connectivity index (χ0n) is 10.5. The van der Waals surface area contributed by atoms with Crippen LogP contribution in [0.5, 0.6) is 0 Å². The highest BCUT2D eigenvalue weighted by Gasteiger charge is 2.20. The van der Waals surface area contributed by atoms with Crippen molar-refractivity contribution in [2.24, 2.45) is 5.73 Å². The van der Waals surface area contributed by atoms with E-state index < -0.39 is 0 Å². The Morgan fingerprint density at radius 3 is 2.83 bits per heavy atom. The monoisotopic (exact) mass is 257 g/mol. The molecule has 1 aliphatic carbocycles. The fourth-order valence-electron chi connectivity index (χ4n) is 2.57. The quantitative estimate of drug-likeness (QED) is 0.870. The van der Waals surface area contributed by atoms with E-state index in [1.54, 1.807) is 11.3 Å². The van der Waals surface area contributed by atoms with Gasteiger partial charge in [-0.25, -0.2) is 0 Å². The fraction of sp³-hybridized carbons (Fsp3) is 0.375. The maximum Gasteiger partial charge on any atom is 0.0336 e. The van der Waals surface area contributed by atoms with E-state index in [0.29, 0.717) is 0 Å². The maximum absolute atomic E-state index is 6.32. The molecule has 2 aromatic rings. The molecule has 0 saturated heterocycles. The lowest BCUT2D eigenvalue weighted by Gasteiger charge is -2.26. The van der Waals surface area contributed by atoms with Gasteiger partial charge in [0.15, 0.2) is 0 Å². The Labute approximate surface area is 113 Å². The van der Waals surface area contributed by atoms with Gasteiger partial charge in [0.1, 0.15) is 0 Å². The smallest absolute Gasteiger partial charge is 0.0336 e. The summed E-state index contributed by atoms with van der Waals surface area (Å²) in [5.41, 5.74) is 10.4. The van der Waals surface area contributed by atoms with Crippen LogP contribution in [0, 0.1) is 0 Å². The molecule has 2 N–H and O–H groups in total. The summed E-state index contributed by atoms with van der Waals surface area (Å²) in [4.78, 5) is 0. The molecular formula is C16H19NS. The van der Waals surface area contributed by atoms with Gasteiger partial charge >= 0.3 is 0 Å². The Kier molecular flexibility index (Phi) is 3.48. The summed E-state index contributed by atoms with van der Waals surface area (Å²) in [6, 6.07) is 11.2. The van der Waals surface area contributed by atoms with Gasteiger partial charge in [-0.15, -0.1) is 0 Å². The van der Waals surface area contributed by atoms with Crippen molar-refractivity contribution in [1.29, 1.82) is 0 Å². The summed E-state index contributed by atoms with van der Waals surface area (Å²) in [6.45, 7) is 0. The summed E-state index contributed by atoms with van der Waals surface area (Å²) in [5.74, 6) is 0.790. The lowest BCUT2D eigenvalue weighted by atomic mass is 9.79. The third kappa shape index (κ3) is 2.50. The molecule has 1 fully saturated rings. The zero-order chi connectivity index (χ0) is 12.4. The molecule has 1 unspecified atom stereocenters. The molecule has 0 amide bonds. The van der Waals surface area contributed by atoms with Crippen LogP contribution in [0.2, 0.25) is 0 Å². The Balaban J connectivity index is 1.74. The third-order valence-electron chi connectivity index (χ3n) is 3.95. The second-order valence-corrected chi connectivity index (χ2v) is 6.02.